The van der Waals surface area contributed by atoms with Gasteiger partial charge in [0.15, 0.2) is 0 Å². The van der Waals surface area contributed by atoms with Gasteiger partial charge in [-0.3, -0.25) is 10.3 Å². The Bertz CT molecular complexity index is 781. The minimum absolute atomic E-state index is 0.0513. The molecule has 0 saturated heterocycles. The van der Waals surface area contributed by atoms with Gasteiger partial charge in [0.2, 0.25) is 0 Å². The van der Waals surface area contributed by atoms with E-state index >= 15 is 0 Å². The van der Waals surface area contributed by atoms with Crippen molar-refractivity contribution in [1.82, 2.24) is 4.98 Å². The maximum atomic E-state index is 12.3. The highest BCUT2D eigenvalue weighted by Gasteiger charge is 2.10. The maximum Gasteiger partial charge on any atom is 0.488 e. The highest BCUT2D eigenvalue weighted by atomic mass is 35.5. The van der Waals surface area contributed by atoms with Gasteiger partial charge in [-0.2, -0.15) is 8.42 Å². The first-order chi connectivity index (χ1) is 10.8. The van der Waals surface area contributed by atoms with E-state index in [0.717, 1.165) is 0 Å². The number of nitrogens with one attached hydrogen (secondary N) is 1. The lowest BCUT2D eigenvalue weighted by molar-refractivity contribution is 0.153. The Morgan fingerprint density at radius 1 is 1.22 bits per heavy atom. The van der Waals surface area contributed by atoms with Crippen LogP contribution in [0.2, 0.25) is 5.02 Å². The molecule has 0 aliphatic carbocycles. The molecule has 0 radical (unpaired) electrons. The molecule has 10 heteroatoms. The Morgan fingerprint density at radius 2 is 1.91 bits per heavy atom. The molecule has 1 aromatic carbocycles. The van der Waals surface area contributed by atoms with E-state index in [9.17, 15) is 17.1 Å². The van der Waals surface area contributed by atoms with Gasteiger partial charge in [-0.05, 0) is 36.4 Å². The summed E-state index contributed by atoms with van der Waals surface area (Å²) >= 11 is 5.68. The van der Waals surface area contributed by atoms with Crippen LogP contribution < -0.4 is 9.50 Å². The number of anilines is 1. The number of ether oxygens (including phenoxy) is 1. The standard InChI is InChI=1S/C13H10ClFN2O5S/c14-9-1-2-11(16-7-9)8-21-13(18)17-10-3-5-12(6-4-10)22-23(15,19)20/h1-7H,8H2,(H,17,18). The lowest BCUT2D eigenvalue weighted by atomic mass is 10.3. The molecule has 1 N–H and O–H groups in total. The number of carbonyl (C=O) groups excluding carboxylic acids is 1. The molecule has 0 aliphatic heterocycles. The molecule has 0 bridgehead atoms. The number of nitrogens with zero attached hydrogens (tertiary/aromatic N) is 1. The zero-order valence-corrected chi connectivity index (χ0v) is 13.0. The predicted molar refractivity (Wildman–Crippen MR) is 80.2 cm³/mol. The van der Waals surface area contributed by atoms with Crippen LogP contribution in [0.3, 0.4) is 0 Å². The Kier molecular flexibility index (Phi) is 5.35. The van der Waals surface area contributed by atoms with E-state index in [1.54, 1.807) is 12.1 Å². The van der Waals surface area contributed by atoms with Crippen LogP contribution in [0, 0.1) is 0 Å². The molecule has 0 atom stereocenters. The number of aromatic nitrogens is 1. The van der Waals surface area contributed by atoms with Gasteiger partial charge >= 0.3 is 16.6 Å². The number of amides is 1. The van der Waals surface area contributed by atoms with Gasteiger partial charge < -0.3 is 8.92 Å². The number of rotatable bonds is 5. The highest BCUT2D eigenvalue weighted by Crippen LogP contribution is 2.18. The molecule has 1 aromatic heterocycles. The Hall–Kier alpha value is -2.39. The number of hydrogen-bond acceptors (Lipinski definition) is 6. The molecule has 0 unspecified atom stereocenters. The van der Waals surface area contributed by atoms with Crippen molar-refractivity contribution in [2.24, 2.45) is 0 Å². The number of halogens is 2. The minimum Gasteiger partial charge on any atom is -0.443 e. The second-order valence-electron chi connectivity index (χ2n) is 4.17. The first-order valence-electron chi connectivity index (χ1n) is 6.10. The van der Waals surface area contributed by atoms with Crippen LogP contribution in [0.1, 0.15) is 5.69 Å². The van der Waals surface area contributed by atoms with Crippen molar-refractivity contribution in [1.29, 1.82) is 0 Å². The second kappa shape index (κ2) is 7.25. The third-order valence-electron chi connectivity index (χ3n) is 2.44. The quantitative estimate of drug-likeness (QED) is 0.823. The summed E-state index contributed by atoms with van der Waals surface area (Å²) in [6.07, 6.45) is 0.684. The maximum absolute atomic E-state index is 12.3. The Balaban J connectivity index is 1.86. The van der Waals surface area contributed by atoms with Crippen molar-refractivity contribution >= 4 is 33.9 Å². The first kappa shape index (κ1) is 17.0. The van der Waals surface area contributed by atoms with E-state index in [1.165, 1.54) is 30.5 Å². The van der Waals surface area contributed by atoms with Gasteiger partial charge in [-0.15, -0.1) is 0 Å². The fourth-order valence-electron chi connectivity index (χ4n) is 1.49. The summed E-state index contributed by atoms with van der Waals surface area (Å²) in [4.78, 5) is 15.5. The molecule has 1 amide bonds. The van der Waals surface area contributed by atoms with Crippen molar-refractivity contribution in [3.8, 4) is 5.75 Å². The fourth-order valence-corrected chi connectivity index (χ4v) is 1.95. The molecule has 0 fully saturated rings. The van der Waals surface area contributed by atoms with Crippen molar-refractivity contribution < 1.29 is 26.0 Å². The molecule has 2 rings (SSSR count). The van der Waals surface area contributed by atoms with E-state index in [2.05, 4.69) is 14.5 Å². The molecule has 0 spiro atoms. The summed E-state index contributed by atoms with van der Waals surface area (Å²) in [6, 6.07) is 8.22. The summed E-state index contributed by atoms with van der Waals surface area (Å²) in [5.41, 5.74) is 0.823. The average molecular weight is 361 g/mol. The van der Waals surface area contributed by atoms with E-state index in [0.29, 0.717) is 16.4 Å². The zero-order chi connectivity index (χ0) is 16.9. The Labute approximate surface area is 136 Å². The summed E-state index contributed by atoms with van der Waals surface area (Å²) in [7, 11) is -5.08. The summed E-state index contributed by atoms with van der Waals surface area (Å²) < 4.78 is 41.9. The van der Waals surface area contributed by atoms with E-state index in [-0.39, 0.29) is 12.4 Å². The molecule has 1 heterocycles. The van der Waals surface area contributed by atoms with Crippen LogP contribution in [0.5, 0.6) is 5.75 Å². The zero-order valence-electron chi connectivity index (χ0n) is 11.4. The third-order valence-corrected chi connectivity index (χ3v) is 3.05. The van der Waals surface area contributed by atoms with E-state index < -0.39 is 16.6 Å². The highest BCUT2D eigenvalue weighted by molar-refractivity contribution is 7.81. The molecule has 23 heavy (non-hydrogen) atoms. The number of pyridine rings is 1. The lowest BCUT2D eigenvalue weighted by Gasteiger charge is -2.07. The van der Waals surface area contributed by atoms with Gasteiger partial charge in [0.1, 0.15) is 12.4 Å². The van der Waals surface area contributed by atoms with Gasteiger partial charge in [0.05, 0.1) is 10.7 Å². The van der Waals surface area contributed by atoms with Crippen LogP contribution in [-0.4, -0.2) is 19.5 Å². The van der Waals surface area contributed by atoms with Gasteiger partial charge in [-0.25, -0.2) is 4.79 Å². The van der Waals surface area contributed by atoms with E-state index in [4.69, 9.17) is 16.3 Å². The van der Waals surface area contributed by atoms with Crippen LogP contribution in [-0.2, 0) is 21.8 Å². The lowest BCUT2D eigenvalue weighted by Crippen LogP contribution is -2.13. The third kappa shape index (κ3) is 6.09. The molecule has 0 aliphatic rings. The summed E-state index contributed by atoms with van der Waals surface area (Å²) in [5, 5.41) is 2.87. The van der Waals surface area contributed by atoms with Crippen molar-refractivity contribution in [3.63, 3.8) is 0 Å². The topological polar surface area (TPSA) is 94.6 Å². The molecular formula is C13H10ClFN2O5S. The molecule has 0 saturated carbocycles. The van der Waals surface area contributed by atoms with Crippen LogP contribution in [0.15, 0.2) is 42.6 Å². The largest absolute Gasteiger partial charge is 0.488 e. The Morgan fingerprint density at radius 3 is 2.48 bits per heavy atom. The van der Waals surface area contributed by atoms with Crippen molar-refractivity contribution in [3.05, 3.63) is 53.3 Å². The number of benzene rings is 1. The molecule has 7 nitrogen and oxygen atoms in total. The normalized spacial score (nSPS) is 10.9. The fraction of sp³-hybridized carbons (Fsp3) is 0.0769. The SMILES string of the molecule is O=C(Nc1ccc(OS(=O)(=O)F)cc1)OCc1ccc(Cl)cn1. The van der Waals surface area contributed by atoms with Crippen LogP contribution in [0.4, 0.5) is 14.4 Å². The molecular weight excluding hydrogens is 351 g/mol. The van der Waals surface area contributed by atoms with Gasteiger partial charge in [-0.1, -0.05) is 15.5 Å². The number of hydrogen-bond donors (Lipinski definition) is 1. The van der Waals surface area contributed by atoms with Gasteiger partial charge in [0.25, 0.3) is 0 Å². The van der Waals surface area contributed by atoms with E-state index in [1.807, 2.05) is 0 Å². The second-order valence-corrected chi connectivity index (χ2v) is 5.56. The van der Waals surface area contributed by atoms with Crippen LogP contribution >= 0.6 is 11.6 Å². The molecule has 2 aromatic rings. The predicted octanol–water partition coefficient (Wildman–Crippen LogP) is 3.08. The van der Waals surface area contributed by atoms with Crippen molar-refractivity contribution in [2.75, 3.05) is 5.32 Å². The minimum atomic E-state index is -5.08. The molecule has 122 valence electrons. The van der Waals surface area contributed by atoms with Gasteiger partial charge in [0, 0.05) is 11.9 Å². The average Bonchev–Trinajstić information content (AvgIpc) is 2.47. The smallest absolute Gasteiger partial charge is 0.443 e. The van der Waals surface area contributed by atoms with Crippen molar-refractivity contribution in [2.45, 2.75) is 6.61 Å². The number of carbonyl (C=O) groups is 1. The van der Waals surface area contributed by atoms with Crippen LogP contribution in [0.25, 0.3) is 0 Å². The first-order valence-corrected chi connectivity index (χ1v) is 7.79. The monoisotopic (exact) mass is 360 g/mol. The summed E-state index contributed by atoms with van der Waals surface area (Å²) in [5.74, 6) is -0.225. The summed E-state index contributed by atoms with van der Waals surface area (Å²) in [6.45, 7) is -0.0513.